The van der Waals surface area contributed by atoms with Crippen molar-refractivity contribution < 1.29 is 4.79 Å². The highest BCUT2D eigenvalue weighted by Gasteiger charge is 2.28. The van der Waals surface area contributed by atoms with Gasteiger partial charge in [0.1, 0.15) is 5.01 Å². The number of thiophene rings is 1. The molecule has 2 aromatic heterocycles. The number of benzene rings is 1. The summed E-state index contributed by atoms with van der Waals surface area (Å²) in [6.07, 6.45) is 0.958. The number of amides is 1. The van der Waals surface area contributed by atoms with Crippen LogP contribution in [0.1, 0.15) is 39.5 Å². The third-order valence-corrected chi connectivity index (χ3v) is 6.54. The SMILES string of the molecule is Cc1csc(-c2ccc(C(=O)N3CCc4sccc4[C@@H]3C)cc2)n1. The summed E-state index contributed by atoms with van der Waals surface area (Å²) in [5.41, 5.74) is 4.15. The smallest absolute Gasteiger partial charge is 0.254 e. The molecule has 3 heterocycles. The largest absolute Gasteiger partial charge is 0.331 e. The zero-order valence-electron chi connectivity index (χ0n) is 13.7. The highest BCUT2D eigenvalue weighted by Crippen LogP contribution is 2.34. The van der Waals surface area contributed by atoms with Gasteiger partial charge in [0.25, 0.3) is 5.91 Å². The fraction of sp³-hybridized carbons (Fsp3) is 0.263. The highest BCUT2D eigenvalue weighted by molar-refractivity contribution is 7.13. The van der Waals surface area contributed by atoms with Crippen molar-refractivity contribution in [1.82, 2.24) is 9.88 Å². The molecule has 5 heteroatoms. The van der Waals surface area contributed by atoms with Gasteiger partial charge in [-0.1, -0.05) is 12.1 Å². The van der Waals surface area contributed by atoms with E-state index in [4.69, 9.17) is 0 Å². The first-order chi connectivity index (χ1) is 11.6. The van der Waals surface area contributed by atoms with Gasteiger partial charge in [0.05, 0.1) is 6.04 Å². The van der Waals surface area contributed by atoms with Crippen LogP contribution in [0.15, 0.2) is 41.1 Å². The van der Waals surface area contributed by atoms with E-state index in [2.05, 4.69) is 23.4 Å². The lowest BCUT2D eigenvalue weighted by Gasteiger charge is -2.33. The number of fused-ring (bicyclic) bond motifs is 1. The summed E-state index contributed by atoms with van der Waals surface area (Å²) in [4.78, 5) is 20.8. The van der Waals surface area contributed by atoms with Crippen LogP contribution in [-0.2, 0) is 6.42 Å². The van der Waals surface area contributed by atoms with Crippen LogP contribution in [0.25, 0.3) is 10.6 Å². The fourth-order valence-electron chi connectivity index (χ4n) is 3.19. The van der Waals surface area contributed by atoms with E-state index in [1.54, 1.807) is 22.7 Å². The molecule has 1 amide bonds. The summed E-state index contributed by atoms with van der Waals surface area (Å²) >= 11 is 3.43. The van der Waals surface area contributed by atoms with E-state index in [-0.39, 0.29) is 11.9 Å². The second-order valence-corrected chi connectivity index (χ2v) is 7.95. The summed E-state index contributed by atoms with van der Waals surface area (Å²) < 4.78 is 0. The third kappa shape index (κ3) is 2.68. The van der Waals surface area contributed by atoms with E-state index in [1.807, 2.05) is 41.5 Å². The van der Waals surface area contributed by atoms with Gasteiger partial charge < -0.3 is 4.90 Å². The lowest BCUT2D eigenvalue weighted by atomic mass is 10.00. The van der Waals surface area contributed by atoms with E-state index in [0.29, 0.717) is 0 Å². The molecule has 0 N–H and O–H groups in total. The Balaban J connectivity index is 1.57. The number of thiazole rings is 1. The maximum atomic E-state index is 12.9. The molecule has 1 aromatic carbocycles. The van der Waals surface area contributed by atoms with Gasteiger partial charge in [-0.2, -0.15) is 0 Å². The Morgan fingerprint density at radius 2 is 2.00 bits per heavy atom. The van der Waals surface area contributed by atoms with Crippen molar-refractivity contribution in [2.75, 3.05) is 6.54 Å². The molecule has 0 radical (unpaired) electrons. The molecule has 0 saturated carbocycles. The van der Waals surface area contributed by atoms with Crippen LogP contribution in [-0.4, -0.2) is 22.3 Å². The maximum Gasteiger partial charge on any atom is 0.254 e. The topological polar surface area (TPSA) is 33.2 Å². The number of rotatable bonds is 2. The zero-order chi connectivity index (χ0) is 16.7. The van der Waals surface area contributed by atoms with Gasteiger partial charge in [0.2, 0.25) is 0 Å². The van der Waals surface area contributed by atoms with Crippen molar-refractivity contribution in [3.63, 3.8) is 0 Å². The minimum absolute atomic E-state index is 0.112. The number of nitrogens with zero attached hydrogens (tertiary/aromatic N) is 2. The minimum atomic E-state index is 0.112. The first-order valence-corrected chi connectivity index (χ1v) is 9.79. The van der Waals surface area contributed by atoms with Crippen molar-refractivity contribution in [2.45, 2.75) is 26.3 Å². The van der Waals surface area contributed by atoms with Gasteiger partial charge in [-0.05, 0) is 49.4 Å². The van der Waals surface area contributed by atoms with Crippen LogP contribution in [0, 0.1) is 6.92 Å². The number of aryl methyl sites for hydroxylation is 1. The van der Waals surface area contributed by atoms with Crippen LogP contribution in [0.4, 0.5) is 0 Å². The average molecular weight is 354 g/mol. The number of aromatic nitrogens is 1. The molecule has 24 heavy (non-hydrogen) atoms. The van der Waals surface area contributed by atoms with Crippen LogP contribution in [0.2, 0.25) is 0 Å². The second-order valence-electron chi connectivity index (χ2n) is 6.10. The maximum absolute atomic E-state index is 12.9. The lowest BCUT2D eigenvalue weighted by molar-refractivity contribution is 0.0679. The van der Waals surface area contributed by atoms with Crippen molar-refractivity contribution in [1.29, 1.82) is 0 Å². The summed E-state index contributed by atoms with van der Waals surface area (Å²) in [6.45, 7) is 4.91. The minimum Gasteiger partial charge on any atom is -0.331 e. The van der Waals surface area contributed by atoms with Crippen molar-refractivity contribution >= 4 is 28.6 Å². The quantitative estimate of drug-likeness (QED) is 0.653. The van der Waals surface area contributed by atoms with Gasteiger partial charge in [-0.25, -0.2) is 4.98 Å². The molecular formula is C19H18N2OS2. The summed E-state index contributed by atoms with van der Waals surface area (Å²) in [5.74, 6) is 0.112. The first-order valence-electron chi connectivity index (χ1n) is 8.03. The fourth-order valence-corrected chi connectivity index (χ4v) is 4.96. The molecule has 122 valence electrons. The predicted molar refractivity (Wildman–Crippen MR) is 99.8 cm³/mol. The molecule has 3 nitrogen and oxygen atoms in total. The Morgan fingerprint density at radius 1 is 1.21 bits per heavy atom. The second kappa shape index (κ2) is 6.15. The molecule has 0 bridgehead atoms. The van der Waals surface area contributed by atoms with Crippen LogP contribution in [0.5, 0.6) is 0 Å². The summed E-state index contributed by atoms with van der Waals surface area (Å²) in [5, 5.41) is 5.17. The Bertz CT molecular complexity index is 879. The Morgan fingerprint density at radius 3 is 2.71 bits per heavy atom. The lowest BCUT2D eigenvalue weighted by Crippen LogP contribution is -2.38. The summed E-state index contributed by atoms with van der Waals surface area (Å²) in [6, 6.07) is 10.1. The van der Waals surface area contributed by atoms with Crippen LogP contribution in [0.3, 0.4) is 0 Å². The Hall–Kier alpha value is -1.98. The molecule has 4 rings (SSSR count). The average Bonchev–Trinajstić information content (AvgIpc) is 3.24. The highest BCUT2D eigenvalue weighted by atomic mass is 32.1. The Labute approximate surface area is 149 Å². The van der Waals surface area contributed by atoms with Crippen molar-refractivity contribution in [3.8, 4) is 10.6 Å². The molecule has 0 aliphatic carbocycles. The molecule has 0 spiro atoms. The van der Waals surface area contributed by atoms with E-state index in [1.165, 1.54) is 10.4 Å². The predicted octanol–water partition coefficient (Wildman–Crippen LogP) is 4.94. The Kier molecular flexibility index (Phi) is 3.98. The van der Waals surface area contributed by atoms with Gasteiger partial charge in [-0.15, -0.1) is 22.7 Å². The number of carbonyl (C=O) groups is 1. The van der Waals surface area contributed by atoms with E-state index in [9.17, 15) is 4.79 Å². The van der Waals surface area contributed by atoms with Gasteiger partial charge >= 0.3 is 0 Å². The summed E-state index contributed by atoms with van der Waals surface area (Å²) in [7, 11) is 0. The molecule has 1 aliphatic heterocycles. The number of hydrogen-bond donors (Lipinski definition) is 0. The number of hydrogen-bond acceptors (Lipinski definition) is 4. The normalized spacial score (nSPS) is 16.9. The molecule has 0 unspecified atom stereocenters. The van der Waals surface area contributed by atoms with Crippen molar-refractivity contribution in [2.24, 2.45) is 0 Å². The van der Waals surface area contributed by atoms with E-state index < -0.39 is 0 Å². The van der Waals surface area contributed by atoms with E-state index in [0.717, 1.165) is 34.8 Å². The molecule has 0 fully saturated rings. The molecule has 1 atom stereocenters. The van der Waals surface area contributed by atoms with Crippen LogP contribution >= 0.6 is 22.7 Å². The van der Waals surface area contributed by atoms with Gasteiger partial charge in [0.15, 0.2) is 0 Å². The third-order valence-electron chi connectivity index (χ3n) is 4.54. The number of carbonyl (C=O) groups excluding carboxylic acids is 1. The molecule has 0 saturated heterocycles. The monoisotopic (exact) mass is 354 g/mol. The first kappa shape index (κ1) is 15.5. The van der Waals surface area contributed by atoms with E-state index >= 15 is 0 Å². The van der Waals surface area contributed by atoms with Crippen LogP contribution < -0.4 is 0 Å². The molecule has 1 aliphatic rings. The molecule has 3 aromatic rings. The van der Waals surface area contributed by atoms with Gasteiger partial charge in [0, 0.05) is 33.6 Å². The molecular weight excluding hydrogens is 336 g/mol. The zero-order valence-corrected chi connectivity index (χ0v) is 15.3. The van der Waals surface area contributed by atoms with Gasteiger partial charge in [-0.3, -0.25) is 4.79 Å². The van der Waals surface area contributed by atoms with Crippen molar-refractivity contribution in [3.05, 3.63) is 62.8 Å². The standard InChI is InChI=1S/C19H18N2OS2/c1-12-11-24-18(20-12)14-3-5-15(6-4-14)19(22)21-9-7-17-16(13(21)2)8-10-23-17/h3-6,8,10-11,13H,7,9H2,1-2H3/t13-/m0/s1.